The van der Waals surface area contributed by atoms with Crippen molar-refractivity contribution >= 4 is 42.4 Å². The van der Waals surface area contributed by atoms with Gasteiger partial charge in [-0.2, -0.15) is 16.8 Å². The van der Waals surface area contributed by atoms with Gasteiger partial charge in [0.2, 0.25) is 0 Å². The molecule has 0 atom stereocenters. The maximum absolute atomic E-state index is 10.2. The van der Waals surface area contributed by atoms with Crippen molar-refractivity contribution in [2.24, 2.45) is 0 Å². The molecule has 0 fully saturated rings. The molecule has 12 nitrogen and oxygen atoms in total. The van der Waals surface area contributed by atoms with Gasteiger partial charge in [-0.25, -0.2) is 8.42 Å². The van der Waals surface area contributed by atoms with Gasteiger partial charge in [0.15, 0.2) is 14.7 Å². The molecule has 0 saturated heterocycles. The zero-order valence-electron chi connectivity index (χ0n) is 20.7. The summed E-state index contributed by atoms with van der Waals surface area (Å²) in [5.41, 5.74) is 0. The Kier molecular flexibility index (Phi) is 15.6. The summed E-state index contributed by atoms with van der Waals surface area (Å²) >= 11 is 0. The van der Waals surface area contributed by atoms with Crippen LogP contribution in [0.4, 0.5) is 11.7 Å². The van der Waals surface area contributed by atoms with Gasteiger partial charge < -0.3 is 18.8 Å². The molecule has 0 aliphatic rings. The van der Waals surface area contributed by atoms with E-state index in [2.05, 4.69) is 36.4 Å². The molecular formula is C21H23F3O12S4. The summed E-state index contributed by atoms with van der Waals surface area (Å²) in [4.78, 5) is 3.70. The SMILES string of the molecule is COc1ccc([S+](c2ccc(OC)cc2)c2ccc(OC)cc2)cc1.O=S(=O)(O)F.O=S(=O)(O)F.O=S(=O)([O-])F. The Morgan fingerprint density at radius 2 is 0.700 bits per heavy atom. The topological polar surface area (TPSA) is 194 Å². The fourth-order valence-electron chi connectivity index (χ4n) is 2.54. The molecule has 0 bridgehead atoms. The minimum atomic E-state index is -5.42. The summed E-state index contributed by atoms with van der Waals surface area (Å²) in [6.07, 6.45) is 0. The molecule has 0 unspecified atom stereocenters. The monoisotopic (exact) mass is 652 g/mol. The van der Waals surface area contributed by atoms with Gasteiger partial charge in [0.1, 0.15) is 17.2 Å². The van der Waals surface area contributed by atoms with Crippen LogP contribution in [0, 0.1) is 0 Å². The lowest BCUT2D eigenvalue weighted by Gasteiger charge is -2.10. The molecule has 0 aliphatic heterocycles. The first kappa shape index (κ1) is 36.9. The van der Waals surface area contributed by atoms with Crippen LogP contribution < -0.4 is 14.2 Å². The van der Waals surface area contributed by atoms with E-state index in [0.29, 0.717) is 0 Å². The van der Waals surface area contributed by atoms with E-state index in [1.807, 2.05) is 36.4 Å². The zero-order chi connectivity index (χ0) is 31.1. The van der Waals surface area contributed by atoms with Crippen molar-refractivity contribution in [2.75, 3.05) is 21.3 Å². The predicted octanol–water partition coefficient (Wildman–Crippen LogP) is 3.74. The third-order valence-corrected chi connectivity index (χ3v) is 6.12. The lowest BCUT2D eigenvalue weighted by molar-refractivity contribution is 0.414. The molecule has 3 rings (SSSR count). The second-order valence-electron chi connectivity index (χ2n) is 6.55. The molecule has 224 valence electrons. The normalized spacial score (nSPS) is 10.9. The lowest BCUT2D eigenvalue weighted by Crippen LogP contribution is -2.05. The third kappa shape index (κ3) is 19.9. The average Bonchev–Trinajstić information content (AvgIpc) is 2.82. The van der Waals surface area contributed by atoms with Gasteiger partial charge in [0.25, 0.3) is 10.5 Å². The third-order valence-electron chi connectivity index (χ3n) is 3.89. The molecule has 0 spiro atoms. The van der Waals surface area contributed by atoms with Crippen LogP contribution in [0.3, 0.4) is 0 Å². The van der Waals surface area contributed by atoms with E-state index in [9.17, 15) is 11.7 Å². The summed E-state index contributed by atoms with van der Waals surface area (Å²) < 4.78 is 119. The highest BCUT2D eigenvalue weighted by Crippen LogP contribution is 2.33. The van der Waals surface area contributed by atoms with Gasteiger partial charge in [-0.3, -0.25) is 9.11 Å². The molecule has 0 heterocycles. The minimum absolute atomic E-state index is 0.212. The number of ether oxygens (including phenoxy) is 3. The van der Waals surface area contributed by atoms with Crippen molar-refractivity contribution in [3.63, 3.8) is 0 Å². The van der Waals surface area contributed by atoms with Crippen LogP contribution in [-0.2, 0) is 42.4 Å². The van der Waals surface area contributed by atoms with Crippen molar-refractivity contribution in [2.45, 2.75) is 14.7 Å². The van der Waals surface area contributed by atoms with Crippen LogP contribution in [0.5, 0.6) is 17.2 Å². The fraction of sp³-hybridized carbons (Fsp3) is 0.143. The Bertz CT molecular complexity index is 1270. The molecule has 0 radical (unpaired) electrons. The van der Waals surface area contributed by atoms with Crippen LogP contribution >= 0.6 is 0 Å². The number of methoxy groups -OCH3 is 3. The smallest absolute Gasteiger partial charge is 0.435 e. The van der Waals surface area contributed by atoms with Crippen molar-refractivity contribution in [3.8, 4) is 17.2 Å². The summed E-state index contributed by atoms with van der Waals surface area (Å²) in [5.74, 6) is 2.57. The molecule has 2 N–H and O–H groups in total. The maximum Gasteiger partial charge on any atom is 0.435 e. The lowest BCUT2D eigenvalue weighted by atomic mass is 10.3. The maximum atomic E-state index is 10.2. The highest BCUT2D eigenvalue weighted by atomic mass is 32.3. The van der Waals surface area contributed by atoms with E-state index in [1.54, 1.807) is 21.3 Å². The molecule has 3 aromatic carbocycles. The van der Waals surface area contributed by atoms with E-state index in [4.69, 9.17) is 53.1 Å². The molecule has 0 aliphatic carbocycles. The van der Waals surface area contributed by atoms with E-state index in [-0.39, 0.29) is 10.9 Å². The van der Waals surface area contributed by atoms with Gasteiger partial charge >= 0.3 is 21.0 Å². The molecule has 0 saturated carbocycles. The Morgan fingerprint density at radius 1 is 0.550 bits per heavy atom. The molecule has 40 heavy (non-hydrogen) atoms. The summed E-state index contributed by atoms with van der Waals surface area (Å²) in [5, 5.41) is 0. The van der Waals surface area contributed by atoms with Crippen LogP contribution in [0.1, 0.15) is 0 Å². The standard InChI is InChI=1S/C21H21O3S.3FHO3S/c1-22-16-4-10-19(11-5-16)25(20-12-6-17(23-2)7-13-20)21-14-8-18(24-3)9-15-21;3*1-5(2,3)4/h4-15H,1-3H3;3*(H,2,3,4)/q+1;;;/p-1. The number of benzene rings is 3. The first-order chi connectivity index (χ1) is 18.2. The van der Waals surface area contributed by atoms with Crippen molar-refractivity contribution < 1.29 is 64.8 Å². The van der Waals surface area contributed by atoms with E-state index in [1.165, 1.54) is 14.7 Å². The average molecular weight is 653 g/mol. The van der Waals surface area contributed by atoms with Gasteiger partial charge in [0.05, 0.1) is 32.2 Å². The predicted molar refractivity (Wildman–Crippen MR) is 137 cm³/mol. The van der Waals surface area contributed by atoms with Crippen molar-refractivity contribution in [3.05, 3.63) is 72.8 Å². The molecule has 19 heteroatoms. The van der Waals surface area contributed by atoms with Crippen LogP contribution in [0.25, 0.3) is 0 Å². The Hall–Kier alpha value is -3.07. The van der Waals surface area contributed by atoms with Crippen LogP contribution in [-0.4, -0.2) is 60.2 Å². The Labute approximate surface area is 232 Å². The number of hydrogen-bond donors (Lipinski definition) is 2. The fourth-order valence-corrected chi connectivity index (χ4v) is 4.58. The minimum Gasteiger partial charge on any atom is -0.722 e. The Balaban J connectivity index is 0.000000836. The van der Waals surface area contributed by atoms with Crippen molar-refractivity contribution in [1.29, 1.82) is 0 Å². The van der Waals surface area contributed by atoms with E-state index in [0.717, 1.165) is 17.2 Å². The van der Waals surface area contributed by atoms with Crippen LogP contribution in [0.2, 0.25) is 0 Å². The van der Waals surface area contributed by atoms with Gasteiger partial charge in [-0.15, -0.1) is 3.89 Å². The molecule has 3 aromatic rings. The Morgan fingerprint density at radius 3 is 0.825 bits per heavy atom. The second-order valence-corrected chi connectivity index (χ2v) is 11.0. The quantitative estimate of drug-likeness (QED) is 0.223. The summed E-state index contributed by atoms with van der Waals surface area (Å²) in [7, 11) is -10.9. The van der Waals surface area contributed by atoms with Crippen LogP contribution in [0.15, 0.2) is 87.5 Å². The van der Waals surface area contributed by atoms with Crippen molar-refractivity contribution in [1.82, 2.24) is 0 Å². The number of rotatable bonds is 6. The largest absolute Gasteiger partial charge is 0.722 e. The first-order valence-electron chi connectivity index (χ1n) is 9.91. The number of halogens is 3. The van der Waals surface area contributed by atoms with Gasteiger partial charge in [0, 0.05) is 0 Å². The first-order valence-corrected chi connectivity index (χ1v) is 15.1. The zero-order valence-corrected chi connectivity index (χ0v) is 23.9. The highest BCUT2D eigenvalue weighted by Gasteiger charge is 2.28. The highest BCUT2D eigenvalue weighted by molar-refractivity contribution is 7.97. The van der Waals surface area contributed by atoms with E-state index >= 15 is 0 Å². The van der Waals surface area contributed by atoms with Gasteiger partial charge in [-0.1, -0.05) is 7.77 Å². The molecule has 0 amide bonds. The molecular weight excluding hydrogens is 629 g/mol. The number of hydrogen-bond acceptors (Lipinski definition) is 10. The van der Waals surface area contributed by atoms with Gasteiger partial charge in [-0.05, 0) is 72.8 Å². The molecule has 0 aromatic heterocycles. The summed E-state index contributed by atoms with van der Waals surface area (Å²) in [6, 6.07) is 24.7. The second kappa shape index (κ2) is 16.9. The van der Waals surface area contributed by atoms with E-state index < -0.39 is 31.5 Å². The summed E-state index contributed by atoms with van der Waals surface area (Å²) in [6.45, 7) is 0.